The van der Waals surface area contributed by atoms with E-state index in [1.165, 1.54) is 6.26 Å². The first-order chi connectivity index (χ1) is 18.0. The van der Waals surface area contributed by atoms with Crippen LogP contribution < -0.4 is 5.73 Å². The van der Waals surface area contributed by atoms with Crippen molar-refractivity contribution in [1.29, 1.82) is 0 Å². The summed E-state index contributed by atoms with van der Waals surface area (Å²) in [6.45, 7) is 3.30. The third-order valence-corrected chi connectivity index (χ3v) is 7.48. The number of rotatable bonds is 7. The number of amides is 2. The zero-order valence-corrected chi connectivity index (χ0v) is 20.9. The normalized spacial score (nSPS) is 15.2. The molecule has 1 aliphatic rings. The molecule has 0 aliphatic carbocycles. The highest BCUT2D eigenvalue weighted by molar-refractivity contribution is 6.16. The van der Waals surface area contributed by atoms with Gasteiger partial charge < -0.3 is 24.9 Å². The Morgan fingerprint density at radius 2 is 1.86 bits per heavy atom. The first-order valence-electron chi connectivity index (χ1n) is 12.8. The van der Waals surface area contributed by atoms with Crippen molar-refractivity contribution in [3.63, 3.8) is 0 Å². The standard InChI is InChI=1S/C29H31N3O5/c1-2-36-28(34)23-17-37-27-22-6-4-3-5-21(22)26(33)24(25(23)27)20(19-9-13-31-14-10-19)8-7-18-11-15-32(16-12-18)29(30)35/h3-6,9-10,13-14,17-18,20,33H,2,7-8,11-12,15-16H2,1H3,(H2,30,35). The Kier molecular flexibility index (Phi) is 6.99. The van der Waals surface area contributed by atoms with Crippen LogP contribution in [0.15, 0.2) is 59.5 Å². The van der Waals surface area contributed by atoms with E-state index in [0.717, 1.165) is 36.6 Å². The third kappa shape index (κ3) is 4.71. The lowest BCUT2D eigenvalue weighted by Gasteiger charge is -2.32. The van der Waals surface area contributed by atoms with E-state index in [1.54, 1.807) is 24.2 Å². The molecular weight excluding hydrogens is 470 g/mol. The van der Waals surface area contributed by atoms with Crippen LogP contribution in [0.1, 0.15) is 60.0 Å². The topological polar surface area (TPSA) is 119 Å². The average Bonchev–Trinajstić information content (AvgIpc) is 3.36. The predicted octanol–water partition coefficient (Wildman–Crippen LogP) is 5.57. The number of urea groups is 1. The Bertz CT molecular complexity index is 1420. The number of phenolic OH excluding ortho intramolecular Hbond substituents is 1. The zero-order valence-electron chi connectivity index (χ0n) is 20.9. The molecule has 0 saturated carbocycles. The monoisotopic (exact) mass is 501 g/mol. The van der Waals surface area contributed by atoms with Crippen molar-refractivity contribution < 1.29 is 23.8 Å². The minimum Gasteiger partial charge on any atom is -0.507 e. The Morgan fingerprint density at radius 3 is 2.54 bits per heavy atom. The molecule has 1 aliphatic heterocycles. The number of primary amides is 1. The number of aromatic hydroxyl groups is 1. The van der Waals surface area contributed by atoms with Crippen LogP contribution in [0.2, 0.25) is 0 Å². The molecule has 2 aromatic heterocycles. The molecule has 8 nitrogen and oxygen atoms in total. The minimum atomic E-state index is -0.482. The first kappa shape index (κ1) is 24.6. The maximum atomic E-state index is 13.0. The highest BCUT2D eigenvalue weighted by Crippen LogP contribution is 2.47. The molecule has 1 unspecified atom stereocenters. The fraction of sp³-hybridized carbons (Fsp3) is 0.345. The van der Waals surface area contributed by atoms with E-state index in [4.69, 9.17) is 14.9 Å². The smallest absolute Gasteiger partial charge is 0.342 e. The number of hydrogen-bond acceptors (Lipinski definition) is 6. The van der Waals surface area contributed by atoms with Crippen LogP contribution in [0.5, 0.6) is 5.75 Å². The summed E-state index contributed by atoms with van der Waals surface area (Å²) in [5.41, 5.74) is 7.97. The van der Waals surface area contributed by atoms with E-state index in [1.807, 2.05) is 36.4 Å². The van der Waals surface area contributed by atoms with Crippen LogP contribution in [0, 0.1) is 5.92 Å². The molecule has 1 atom stereocenters. The molecule has 2 aromatic carbocycles. The predicted molar refractivity (Wildman–Crippen MR) is 141 cm³/mol. The number of nitrogens with two attached hydrogens (primary N) is 1. The van der Waals surface area contributed by atoms with E-state index in [9.17, 15) is 14.7 Å². The zero-order chi connectivity index (χ0) is 25.9. The molecule has 5 rings (SSSR count). The Hall–Kier alpha value is -4.07. The number of hydrogen-bond donors (Lipinski definition) is 2. The lowest BCUT2D eigenvalue weighted by atomic mass is 9.80. The van der Waals surface area contributed by atoms with E-state index in [-0.39, 0.29) is 24.3 Å². The lowest BCUT2D eigenvalue weighted by Crippen LogP contribution is -2.41. The van der Waals surface area contributed by atoms with Gasteiger partial charge in [-0.05, 0) is 56.2 Å². The quantitative estimate of drug-likeness (QED) is 0.320. The molecule has 0 radical (unpaired) electrons. The number of phenols is 1. The molecule has 3 N–H and O–H groups in total. The summed E-state index contributed by atoms with van der Waals surface area (Å²) >= 11 is 0. The summed E-state index contributed by atoms with van der Waals surface area (Å²) in [5.74, 6) is -0.133. The number of nitrogens with zero attached hydrogens (tertiary/aromatic N) is 2. The summed E-state index contributed by atoms with van der Waals surface area (Å²) in [4.78, 5) is 30.4. The van der Waals surface area contributed by atoms with Crippen molar-refractivity contribution in [3.05, 3.63) is 71.7 Å². The number of piperidine rings is 1. The van der Waals surface area contributed by atoms with Crippen LogP contribution in [0.4, 0.5) is 4.79 Å². The van der Waals surface area contributed by atoms with E-state index in [2.05, 4.69) is 4.98 Å². The summed E-state index contributed by atoms with van der Waals surface area (Å²) in [6, 6.07) is 11.0. The number of benzene rings is 2. The van der Waals surface area contributed by atoms with Crippen molar-refractivity contribution >= 4 is 33.7 Å². The lowest BCUT2D eigenvalue weighted by molar-refractivity contribution is 0.0527. The van der Waals surface area contributed by atoms with Crippen LogP contribution in [-0.4, -0.2) is 46.7 Å². The highest BCUT2D eigenvalue weighted by Gasteiger charge is 2.30. The van der Waals surface area contributed by atoms with Crippen LogP contribution in [0.3, 0.4) is 0 Å². The van der Waals surface area contributed by atoms with Gasteiger partial charge in [-0.2, -0.15) is 0 Å². The van der Waals surface area contributed by atoms with E-state index in [0.29, 0.717) is 46.5 Å². The number of likely N-dealkylation sites (tertiary alicyclic amines) is 1. The van der Waals surface area contributed by atoms with Gasteiger partial charge in [-0.1, -0.05) is 24.3 Å². The minimum absolute atomic E-state index is 0.139. The van der Waals surface area contributed by atoms with E-state index >= 15 is 0 Å². The number of ether oxygens (including phenoxy) is 1. The van der Waals surface area contributed by atoms with Crippen LogP contribution in [0.25, 0.3) is 21.7 Å². The average molecular weight is 502 g/mol. The number of fused-ring (bicyclic) bond motifs is 3. The fourth-order valence-corrected chi connectivity index (χ4v) is 5.59. The van der Waals surface area contributed by atoms with Gasteiger partial charge in [-0.3, -0.25) is 4.98 Å². The molecular formula is C29H31N3O5. The van der Waals surface area contributed by atoms with Gasteiger partial charge >= 0.3 is 12.0 Å². The third-order valence-electron chi connectivity index (χ3n) is 7.48. The second kappa shape index (κ2) is 10.5. The van der Waals surface area contributed by atoms with Gasteiger partial charge in [0, 0.05) is 53.1 Å². The van der Waals surface area contributed by atoms with Crippen LogP contribution in [-0.2, 0) is 4.74 Å². The van der Waals surface area contributed by atoms with Crippen molar-refractivity contribution in [3.8, 4) is 5.75 Å². The maximum absolute atomic E-state index is 13.0. The summed E-state index contributed by atoms with van der Waals surface area (Å²) < 4.78 is 11.3. The van der Waals surface area contributed by atoms with Crippen LogP contribution >= 0.6 is 0 Å². The Morgan fingerprint density at radius 1 is 1.16 bits per heavy atom. The van der Waals surface area contributed by atoms with Crippen molar-refractivity contribution in [2.45, 2.75) is 38.5 Å². The summed E-state index contributed by atoms with van der Waals surface area (Å²) in [5, 5.41) is 13.7. The fourth-order valence-electron chi connectivity index (χ4n) is 5.59. The number of pyridine rings is 1. The number of carbonyl (C=O) groups excluding carboxylic acids is 2. The first-order valence-corrected chi connectivity index (χ1v) is 12.8. The molecule has 2 amide bonds. The molecule has 4 aromatic rings. The molecule has 3 heterocycles. The molecule has 1 fully saturated rings. The van der Waals surface area contributed by atoms with Gasteiger partial charge in [-0.25, -0.2) is 9.59 Å². The van der Waals surface area contributed by atoms with Gasteiger partial charge in [0.15, 0.2) is 0 Å². The summed E-state index contributed by atoms with van der Waals surface area (Å²) in [6.07, 6.45) is 8.30. The van der Waals surface area contributed by atoms with Crippen molar-refractivity contribution in [1.82, 2.24) is 9.88 Å². The molecule has 192 valence electrons. The SMILES string of the molecule is CCOC(=O)c1coc2c1c(C(CCC1CCN(C(N)=O)CC1)c1ccncc1)c(O)c1ccccc12. The molecule has 1 saturated heterocycles. The Balaban J connectivity index is 1.62. The largest absolute Gasteiger partial charge is 0.507 e. The highest BCUT2D eigenvalue weighted by atomic mass is 16.5. The number of esters is 1. The van der Waals surface area contributed by atoms with Crippen molar-refractivity contribution in [2.75, 3.05) is 19.7 Å². The summed E-state index contributed by atoms with van der Waals surface area (Å²) in [7, 11) is 0. The second-order valence-corrected chi connectivity index (χ2v) is 9.56. The molecule has 8 heteroatoms. The Labute approximate surface area is 215 Å². The van der Waals surface area contributed by atoms with Gasteiger partial charge in [0.1, 0.15) is 23.2 Å². The number of carbonyl (C=O) groups is 2. The molecule has 0 bridgehead atoms. The maximum Gasteiger partial charge on any atom is 0.342 e. The number of aromatic nitrogens is 1. The number of furan rings is 1. The molecule has 0 spiro atoms. The van der Waals surface area contributed by atoms with Gasteiger partial charge in [-0.15, -0.1) is 0 Å². The van der Waals surface area contributed by atoms with Crippen molar-refractivity contribution in [2.24, 2.45) is 11.7 Å². The second-order valence-electron chi connectivity index (χ2n) is 9.56. The van der Waals surface area contributed by atoms with Gasteiger partial charge in [0.2, 0.25) is 0 Å². The van der Waals surface area contributed by atoms with E-state index < -0.39 is 5.97 Å². The van der Waals surface area contributed by atoms with Gasteiger partial charge in [0.25, 0.3) is 0 Å². The van der Waals surface area contributed by atoms with Gasteiger partial charge in [0.05, 0.1) is 6.61 Å². The molecule has 37 heavy (non-hydrogen) atoms.